The molecule has 2 fully saturated rings. The number of likely N-dealkylation sites (tertiary alicyclic amines) is 1. The number of allylic oxidation sites excluding steroid dienone is 1. The van der Waals surface area contributed by atoms with E-state index in [0.717, 1.165) is 11.1 Å². The zero-order valence-corrected chi connectivity index (χ0v) is 23.2. The molecule has 8 heteroatoms. The fourth-order valence-corrected chi connectivity index (χ4v) is 6.49. The Morgan fingerprint density at radius 3 is 2.32 bits per heavy atom. The van der Waals surface area contributed by atoms with Crippen LogP contribution in [0.4, 0.5) is 13.2 Å². The Morgan fingerprint density at radius 2 is 1.79 bits per heavy atom. The molecule has 0 spiro atoms. The summed E-state index contributed by atoms with van der Waals surface area (Å²) in [6.07, 6.45) is -1.95. The van der Waals surface area contributed by atoms with Crippen LogP contribution in [0.3, 0.4) is 0 Å². The zero-order chi connectivity index (χ0) is 27.9. The van der Waals surface area contributed by atoms with Gasteiger partial charge in [-0.25, -0.2) is 0 Å². The molecule has 1 aliphatic carbocycles. The van der Waals surface area contributed by atoms with Gasteiger partial charge in [0, 0.05) is 28.4 Å². The second-order valence-electron chi connectivity index (χ2n) is 11.1. The van der Waals surface area contributed by atoms with Crippen molar-refractivity contribution in [1.29, 1.82) is 0 Å². The molecule has 38 heavy (non-hydrogen) atoms. The van der Waals surface area contributed by atoms with Gasteiger partial charge in [-0.05, 0) is 73.4 Å². The van der Waals surface area contributed by atoms with Crippen molar-refractivity contribution in [3.63, 3.8) is 0 Å². The van der Waals surface area contributed by atoms with Crippen molar-refractivity contribution in [2.45, 2.75) is 82.2 Å². The molecule has 1 heterocycles. The van der Waals surface area contributed by atoms with Crippen molar-refractivity contribution in [2.75, 3.05) is 0 Å². The van der Waals surface area contributed by atoms with Crippen molar-refractivity contribution in [2.24, 2.45) is 11.3 Å². The van der Waals surface area contributed by atoms with Gasteiger partial charge < -0.3 is 10.0 Å². The molecule has 0 radical (unpaired) electrons. The number of hydrogen-bond acceptors (Lipinski definition) is 2. The zero-order valence-electron chi connectivity index (χ0n) is 21.6. The molecule has 1 amide bonds. The van der Waals surface area contributed by atoms with Gasteiger partial charge in [0.15, 0.2) is 5.60 Å². The van der Waals surface area contributed by atoms with Crippen molar-refractivity contribution in [3.8, 4) is 0 Å². The number of halogens is 5. The van der Waals surface area contributed by atoms with E-state index in [-0.39, 0.29) is 18.2 Å². The van der Waals surface area contributed by atoms with E-state index >= 15 is 0 Å². The third-order valence-electron chi connectivity index (χ3n) is 8.34. The normalized spacial score (nSPS) is 26.6. The van der Waals surface area contributed by atoms with Crippen LogP contribution in [0, 0.1) is 11.3 Å². The van der Waals surface area contributed by atoms with Crippen molar-refractivity contribution in [3.05, 3.63) is 82.4 Å². The number of alkyl halides is 3. The SMILES string of the molecule is C=CC[C@@]1(C)C[C@H](c2cccc(Cl)c2)[C@@H](c2ccc(Cl)cc2)N([C@@H](CC)C[C@](O)(C2CC2)C(F)(F)F)C1=O. The first kappa shape index (κ1) is 29.0. The van der Waals surface area contributed by atoms with E-state index < -0.39 is 41.6 Å². The standard InChI is InChI=1S/C30H34Cl2F3NO2/c1-4-15-28(3)18-25(20-7-6-8-23(32)16-20)26(19-9-13-22(31)14-10-19)36(27(28)37)24(5-2)17-29(38,21-11-12-21)30(33,34)35/h4,6-10,13-14,16,21,24-26,38H,1,5,11-12,15,17-18H2,2-3H3/t24-,25+,26+,28-,29-/m0/s1. The molecular weight excluding hydrogens is 534 g/mol. The molecule has 0 aromatic heterocycles. The highest BCUT2D eigenvalue weighted by Gasteiger charge is 2.63. The van der Waals surface area contributed by atoms with Crippen LogP contribution in [0.2, 0.25) is 10.0 Å². The first-order valence-corrected chi connectivity index (χ1v) is 13.8. The van der Waals surface area contributed by atoms with Gasteiger partial charge in [0.1, 0.15) is 0 Å². The summed E-state index contributed by atoms with van der Waals surface area (Å²) in [5.41, 5.74) is -2.07. The molecule has 3 nitrogen and oxygen atoms in total. The third-order valence-corrected chi connectivity index (χ3v) is 8.83. The summed E-state index contributed by atoms with van der Waals surface area (Å²) >= 11 is 12.6. The number of rotatable bonds is 9. The molecular formula is C30H34Cl2F3NO2. The number of hydrogen-bond donors (Lipinski definition) is 1. The van der Waals surface area contributed by atoms with Crippen molar-refractivity contribution < 1.29 is 23.1 Å². The number of carbonyl (C=O) groups is 1. The summed E-state index contributed by atoms with van der Waals surface area (Å²) in [6.45, 7) is 7.47. The van der Waals surface area contributed by atoms with Gasteiger partial charge in [-0.1, -0.05) is 67.4 Å². The van der Waals surface area contributed by atoms with Crippen LogP contribution in [0.25, 0.3) is 0 Å². The molecule has 2 aromatic carbocycles. The first-order valence-electron chi connectivity index (χ1n) is 13.1. The lowest BCUT2D eigenvalue weighted by Crippen LogP contribution is -2.59. The first-order chi connectivity index (χ1) is 17.8. The molecule has 1 N–H and O–H groups in total. The lowest BCUT2D eigenvalue weighted by atomic mass is 9.66. The summed E-state index contributed by atoms with van der Waals surface area (Å²) in [4.78, 5) is 15.9. The minimum Gasteiger partial charge on any atom is -0.380 e. The van der Waals surface area contributed by atoms with Gasteiger partial charge in [-0.15, -0.1) is 6.58 Å². The molecule has 2 aromatic rings. The molecule has 1 saturated heterocycles. The van der Waals surface area contributed by atoms with Gasteiger partial charge in [0.2, 0.25) is 5.91 Å². The van der Waals surface area contributed by atoms with Gasteiger partial charge in [0.05, 0.1) is 11.5 Å². The van der Waals surface area contributed by atoms with E-state index in [1.807, 2.05) is 37.3 Å². The highest BCUT2D eigenvalue weighted by Crippen LogP contribution is 2.55. The Kier molecular flexibility index (Phi) is 8.28. The molecule has 0 unspecified atom stereocenters. The van der Waals surface area contributed by atoms with Crippen LogP contribution < -0.4 is 0 Å². The molecule has 5 atom stereocenters. The summed E-state index contributed by atoms with van der Waals surface area (Å²) in [6, 6.07) is 13.1. The number of carbonyl (C=O) groups excluding carboxylic acids is 1. The quantitative estimate of drug-likeness (QED) is 0.308. The number of piperidine rings is 1. The smallest absolute Gasteiger partial charge is 0.380 e. The van der Waals surface area contributed by atoms with Gasteiger partial charge in [-0.2, -0.15) is 13.2 Å². The lowest BCUT2D eigenvalue weighted by molar-refractivity contribution is -0.275. The van der Waals surface area contributed by atoms with E-state index in [1.165, 1.54) is 0 Å². The van der Waals surface area contributed by atoms with E-state index in [1.54, 1.807) is 36.1 Å². The maximum Gasteiger partial charge on any atom is 0.417 e. The molecule has 4 rings (SSSR count). The molecule has 1 aliphatic heterocycles. The van der Waals surface area contributed by atoms with Crippen molar-refractivity contribution in [1.82, 2.24) is 4.90 Å². The average molecular weight is 569 g/mol. The van der Waals surface area contributed by atoms with Gasteiger partial charge in [-0.3, -0.25) is 4.79 Å². The average Bonchev–Trinajstić information content (AvgIpc) is 3.70. The van der Waals surface area contributed by atoms with Crippen LogP contribution in [0.5, 0.6) is 0 Å². The van der Waals surface area contributed by atoms with Crippen LogP contribution in [-0.2, 0) is 4.79 Å². The second kappa shape index (κ2) is 10.9. The monoisotopic (exact) mass is 567 g/mol. The van der Waals surface area contributed by atoms with E-state index in [9.17, 15) is 23.1 Å². The molecule has 206 valence electrons. The molecule has 1 saturated carbocycles. The van der Waals surface area contributed by atoms with Crippen LogP contribution in [-0.4, -0.2) is 33.7 Å². The fourth-order valence-electron chi connectivity index (χ4n) is 6.16. The Labute approximate surface area is 232 Å². The highest BCUT2D eigenvalue weighted by atomic mass is 35.5. The topological polar surface area (TPSA) is 40.5 Å². The molecule has 0 bridgehead atoms. The maximum atomic E-state index is 14.3. The van der Waals surface area contributed by atoms with Crippen molar-refractivity contribution >= 4 is 29.1 Å². The summed E-state index contributed by atoms with van der Waals surface area (Å²) in [5, 5.41) is 12.1. The lowest BCUT2D eigenvalue weighted by Gasteiger charge is -2.53. The summed E-state index contributed by atoms with van der Waals surface area (Å²) in [7, 11) is 0. The second-order valence-corrected chi connectivity index (χ2v) is 12.0. The van der Waals surface area contributed by atoms with Crippen LogP contribution >= 0.6 is 23.2 Å². The Hall–Kier alpha value is -2.02. The Morgan fingerprint density at radius 1 is 1.13 bits per heavy atom. The van der Waals surface area contributed by atoms with Gasteiger partial charge >= 0.3 is 6.18 Å². The number of amides is 1. The minimum absolute atomic E-state index is 0.234. The maximum absolute atomic E-state index is 14.3. The number of benzene rings is 2. The Bertz CT molecular complexity index is 1170. The van der Waals surface area contributed by atoms with Crippen LogP contribution in [0.1, 0.15) is 75.5 Å². The molecule has 2 aliphatic rings. The summed E-state index contributed by atoms with van der Waals surface area (Å²) < 4.78 is 42.9. The summed E-state index contributed by atoms with van der Waals surface area (Å²) in [5.74, 6) is -1.34. The van der Waals surface area contributed by atoms with E-state index in [2.05, 4.69) is 6.58 Å². The third kappa shape index (κ3) is 5.50. The van der Waals surface area contributed by atoms with E-state index in [4.69, 9.17) is 23.2 Å². The predicted octanol–water partition coefficient (Wildman–Crippen LogP) is 8.51. The predicted molar refractivity (Wildman–Crippen MR) is 145 cm³/mol. The van der Waals surface area contributed by atoms with Gasteiger partial charge in [0.25, 0.3) is 0 Å². The van der Waals surface area contributed by atoms with Crippen LogP contribution in [0.15, 0.2) is 61.2 Å². The highest BCUT2D eigenvalue weighted by molar-refractivity contribution is 6.30. The minimum atomic E-state index is -4.80. The Balaban J connectivity index is 1.89. The fraction of sp³-hybridized carbons (Fsp3) is 0.500. The number of aliphatic hydroxyl groups is 1. The largest absolute Gasteiger partial charge is 0.417 e. The number of nitrogens with zero attached hydrogens (tertiary/aromatic N) is 1. The van der Waals surface area contributed by atoms with E-state index in [0.29, 0.717) is 35.7 Å².